The number of aromatic nitrogens is 2. The van der Waals surface area contributed by atoms with Gasteiger partial charge < -0.3 is 18.6 Å². The molecule has 0 fully saturated rings. The predicted molar refractivity (Wildman–Crippen MR) is 154 cm³/mol. The van der Waals surface area contributed by atoms with Crippen molar-refractivity contribution in [1.29, 1.82) is 0 Å². The van der Waals surface area contributed by atoms with Crippen LogP contribution in [0.15, 0.2) is 91.3 Å². The quantitative estimate of drug-likeness (QED) is 0.325. The molecule has 40 heavy (non-hydrogen) atoms. The van der Waals surface area contributed by atoms with Crippen LogP contribution < -0.4 is 5.32 Å². The summed E-state index contributed by atoms with van der Waals surface area (Å²) < 4.78 is 16.8. The third-order valence-corrected chi connectivity index (χ3v) is 7.84. The normalized spacial score (nSPS) is 17.8. The fraction of sp³-hybridized carbons (Fsp3) is 0.212. The molecule has 0 saturated carbocycles. The van der Waals surface area contributed by atoms with Gasteiger partial charge in [0.2, 0.25) is 0 Å². The molecule has 2 aromatic heterocycles. The molecule has 0 spiro atoms. The number of fused-ring (bicyclic) bond motifs is 12. The molecule has 2 amide bonds. The molecule has 2 aliphatic heterocycles. The molecule has 0 saturated heterocycles. The van der Waals surface area contributed by atoms with Gasteiger partial charge in [-0.15, -0.1) is 0 Å². The maximum atomic E-state index is 13.3. The summed E-state index contributed by atoms with van der Waals surface area (Å²) in [6.07, 6.45) is 4.61. The van der Waals surface area contributed by atoms with Crippen molar-refractivity contribution < 1.29 is 19.1 Å². The van der Waals surface area contributed by atoms with Crippen molar-refractivity contribution in [3.8, 4) is 0 Å². The van der Waals surface area contributed by atoms with E-state index < -0.39 is 0 Å². The number of nitrogens with zero attached hydrogens (tertiary/aromatic N) is 2. The number of aryl methyl sites for hydroxylation is 1. The first kappa shape index (κ1) is 24.6. The largest absolute Gasteiger partial charge is 0.374 e. The molecule has 4 heterocycles. The Kier molecular flexibility index (Phi) is 6.30. The number of carbonyl (C=O) groups excluding carboxylic acids is 2. The lowest BCUT2D eigenvalue weighted by atomic mass is 9.95. The van der Waals surface area contributed by atoms with Crippen molar-refractivity contribution in [1.82, 2.24) is 14.5 Å². The zero-order chi connectivity index (χ0) is 27.1. The van der Waals surface area contributed by atoms with Gasteiger partial charge in [-0.1, -0.05) is 66.7 Å². The summed E-state index contributed by atoms with van der Waals surface area (Å²) in [7, 11) is 0. The van der Waals surface area contributed by atoms with Crippen LogP contribution in [-0.4, -0.2) is 40.3 Å². The van der Waals surface area contributed by atoms with E-state index in [1.807, 2.05) is 73.1 Å². The molecule has 1 N–H and O–H groups in total. The van der Waals surface area contributed by atoms with Gasteiger partial charge >= 0.3 is 0 Å². The molecule has 200 valence electrons. The molecule has 4 bridgehead atoms. The Bertz CT molecular complexity index is 1780. The summed E-state index contributed by atoms with van der Waals surface area (Å²) in [5.41, 5.74) is 5.51. The van der Waals surface area contributed by atoms with E-state index in [0.717, 1.165) is 44.9 Å². The standard InChI is InChI=1S/C33H29N3O4/c37-32-30-26-18-35(28-12-6-4-10-24(26)28)15-14-23(21-39-20-22-8-2-1-3-9-22)40-17-16-36-19-27(31(30)33(38)34-32)25-11-5-7-13-29(25)36/h1-13,18-19,23H,14-17,20-21H2,(H,34,37,38). The molecular formula is C33H29N3O4. The monoisotopic (exact) mass is 531 g/mol. The van der Waals surface area contributed by atoms with Crippen molar-refractivity contribution >= 4 is 44.8 Å². The topological polar surface area (TPSA) is 74.5 Å². The third-order valence-electron chi connectivity index (χ3n) is 7.84. The molecule has 2 aliphatic rings. The molecule has 1 atom stereocenters. The smallest absolute Gasteiger partial charge is 0.259 e. The minimum atomic E-state index is -0.362. The van der Waals surface area contributed by atoms with Gasteiger partial charge in [0, 0.05) is 58.4 Å². The number of para-hydroxylation sites is 2. The first-order chi connectivity index (χ1) is 19.7. The van der Waals surface area contributed by atoms with Crippen LogP contribution in [0.2, 0.25) is 0 Å². The fourth-order valence-electron chi connectivity index (χ4n) is 5.93. The zero-order valence-corrected chi connectivity index (χ0v) is 22.0. The number of amides is 2. The number of carbonyl (C=O) groups is 2. The first-order valence-corrected chi connectivity index (χ1v) is 13.7. The van der Waals surface area contributed by atoms with Gasteiger partial charge in [-0.25, -0.2) is 0 Å². The van der Waals surface area contributed by atoms with E-state index in [1.54, 1.807) is 0 Å². The molecular weight excluding hydrogens is 502 g/mol. The number of hydrogen-bond donors (Lipinski definition) is 1. The van der Waals surface area contributed by atoms with Gasteiger partial charge in [0.25, 0.3) is 11.8 Å². The van der Waals surface area contributed by atoms with E-state index in [9.17, 15) is 9.59 Å². The summed E-state index contributed by atoms with van der Waals surface area (Å²) in [4.78, 5) is 26.6. The fourth-order valence-corrected chi connectivity index (χ4v) is 5.93. The summed E-state index contributed by atoms with van der Waals surface area (Å²) in [5.74, 6) is -0.721. The summed E-state index contributed by atoms with van der Waals surface area (Å²) in [5, 5.41) is 4.44. The Hall–Kier alpha value is -4.46. The highest BCUT2D eigenvalue weighted by atomic mass is 16.5. The minimum Gasteiger partial charge on any atom is -0.374 e. The van der Waals surface area contributed by atoms with Crippen LogP contribution in [0.25, 0.3) is 33.0 Å². The van der Waals surface area contributed by atoms with Crippen molar-refractivity contribution in [3.63, 3.8) is 0 Å². The van der Waals surface area contributed by atoms with E-state index >= 15 is 0 Å². The highest BCUT2D eigenvalue weighted by Crippen LogP contribution is 2.39. The molecule has 0 radical (unpaired) electrons. The predicted octanol–water partition coefficient (Wildman–Crippen LogP) is 5.17. The van der Waals surface area contributed by atoms with Gasteiger partial charge in [0.15, 0.2) is 0 Å². The van der Waals surface area contributed by atoms with Gasteiger partial charge in [-0.05, 0) is 24.1 Å². The van der Waals surface area contributed by atoms with E-state index in [0.29, 0.717) is 44.1 Å². The molecule has 3 aromatic carbocycles. The average molecular weight is 532 g/mol. The van der Waals surface area contributed by atoms with Crippen LogP contribution in [0.1, 0.15) is 23.1 Å². The Balaban J connectivity index is 1.32. The molecule has 7 heteroatoms. The van der Waals surface area contributed by atoms with Crippen LogP contribution in [-0.2, 0) is 38.8 Å². The van der Waals surface area contributed by atoms with Crippen molar-refractivity contribution in [2.75, 3.05) is 13.2 Å². The molecule has 7 nitrogen and oxygen atoms in total. The Morgan fingerprint density at radius 3 is 1.98 bits per heavy atom. The second kappa shape index (κ2) is 10.3. The van der Waals surface area contributed by atoms with Crippen LogP contribution in [0, 0.1) is 0 Å². The average Bonchev–Trinajstić information content (AvgIpc) is 3.62. The van der Waals surface area contributed by atoms with Crippen molar-refractivity contribution in [3.05, 3.63) is 108 Å². The number of imide groups is 1. The van der Waals surface area contributed by atoms with Gasteiger partial charge in [-0.2, -0.15) is 0 Å². The van der Waals surface area contributed by atoms with Crippen LogP contribution in [0.3, 0.4) is 0 Å². The molecule has 0 aliphatic carbocycles. The van der Waals surface area contributed by atoms with Crippen LogP contribution >= 0.6 is 0 Å². The minimum absolute atomic E-state index is 0.108. The molecule has 5 aromatic rings. The maximum Gasteiger partial charge on any atom is 0.259 e. The van der Waals surface area contributed by atoms with Crippen LogP contribution in [0.5, 0.6) is 0 Å². The lowest BCUT2D eigenvalue weighted by Gasteiger charge is -2.19. The van der Waals surface area contributed by atoms with Crippen LogP contribution in [0.4, 0.5) is 0 Å². The maximum absolute atomic E-state index is 13.3. The number of nitrogens with one attached hydrogen (secondary N) is 1. The number of rotatable bonds is 4. The second-order valence-corrected chi connectivity index (χ2v) is 10.3. The third kappa shape index (κ3) is 4.33. The number of ether oxygens (including phenoxy) is 2. The van der Waals surface area contributed by atoms with Crippen molar-refractivity contribution in [2.45, 2.75) is 32.2 Å². The zero-order valence-electron chi connectivity index (χ0n) is 22.0. The Morgan fingerprint density at radius 2 is 1.32 bits per heavy atom. The van der Waals surface area contributed by atoms with E-state index in [-0.39, 0.29) is 17.9 Å². The van der Waals surface area contributed by atoms with E-state index in [2.05, 4.69) is 32.7 Å². The number of benzene rings is 3. The summed E-state index contributed by atoms with van der Waals surface area (Å²) in [6.45, 7) is 2.80. The Morgan fingerprint density at radius 1 is 0.750 bits per heavy atom. The highest BCUT2D eigenvalue weighted by Gasteiger charge is 2.35. The van der Waals surface area contributed by atoms with Crippen molar-refractivity contribution in [2.24, 2.45) is 0 Å². The van der Waals surface area contributed by atoms with Gasteiger partial charge in [-0.3, -0.25) is 14.9 Å². The lowest BCUT2D eigenvalue weighted by molar-refractivity contribution is -0.122. The summed E-state index contributed by atoms with van der Waals surface area (Å²) in [6, 6.07) is 26.2. The van der Waals surface area contributed by atoms with E-state index in [1.165, 1.54) is 0 Å². The SMILES string of the molecule is O=C1NC(=O)C2=C1c1cn(c3ccccc13)CCOC(COCc1ccccc1)CCn1cc2c2ccccc21. The Labute approximate surface area is 231 Å². The second-order valence-electron chi connectivity index (χ2n) is 10.3. The molecule has 1 unspecified atom stereocenters. The first-order valence-electron chi connectivity index (χ1n) is 13.7. The number of hydrogen-bond acceptors (Lipinski definition) is 4. The van der Waals surface area contributed by atoms with Gasteiger partial charge in [0.1, 0.15) is 0 Å². The lowest BCUT2D eigenvalue weighted by Crippen LogP contribution is -2.24. The molecule has 7 rings (SSSR count). The van der Waals surface area contributed by atoms with E-state index in [4.69, 9.17) is 9.47 Å². The van der Waals surface area contributed by atoms with Gasteiger partial charge in [0.05, 0.1) is 37.1 Å². The summed E-state index contributed by atoms with van der Waals surface area (Å²) >= 11 is 0. The highest BCUT2D eigenvalue weighted by molar-refractivity contribution is 6.50.